The first kappa shape index (κ1) is 21.0. The van der Waals surface area contributed by atoms with Gasteiger partial charge in [-0.3, -0.25) is 0 Å². The van der Waals surface area contributed by atoms with Crippen LogP contribution < -0.4 is 4.74 Å². The van der Waals surface area contributed by atoms with Gasteiger partial charge in [-0.25, -0.2) is 0 Å². The van der Waals surface area contributed by atoms with Crippen molar-refractivity contribution >= 4 is 52.5 Å². The number of para-hydroxylation sites is 1. The molecule has 0 radical (unpaired) electrons. The molecular formula is C20H16Cl2N4O2S2. The van der Waals surface area contributed by atoms with Gasteiger partial charge in [-0.2, -0.15) is 9.78 Å². The first-order chi connectivity index (χ1) is 14.7. The van der Waals surface area contributed by atoms with Crippen LogP contribution in [0, 0.1) is 0 Å². The number of hydrogen-bond acceptors (Lipinski definition) is 7. The Labute approximate surface area is 191 Å². The van der Waals surface area contributed by atoms with Crippen LogP contribution in [0.5, 0.6) is 5.75 Å². The number of rotatable bonds is 8. The maximum Gasteiger partial charge on any atom is 0.212 e. The van der Waals surface area contributed by atoms with Crippen molar-refractivity contribution in [2.45, 2.75) is 18.7 Å². The summed E-state index contributed by atoms with van der Waals surface area (Å²) < 4.78 is 13.2. The summed E-state index contributed by atoms with van der Waals surface area (Å²) in [7, 11) is 0. The highest BCUT2D eigenvalue weighted by Crippen LogP contribution is 2.33. The number of furan rings is 1. The van der Waals surface area contributed by atoms with E-state index in [-0.39, 0.29) is 6.61 Å². The van der Waals surface area contributed by atoms with E-state index in [9.17, 15) is 0 Å². The third-order valence-electron chi connectivity index (χ3n) is 3.89. The van der Waals surface area contributed by atoms with Gasteiger partial charge < -0.3 is 9.15 Å². The summed E-state index contributed by atoms with van der Waals surface area (Å²) in [5, 5.41) is 16.7. The van der Waals surface area contributed by atoms with Crippen LogP contribution in [0.3, 0.4) is 0 Å². The number of ether oxygens (including phenoxy) is 1. The van der Waals surface area contributed by atoms with Gasteiger partial charge in [0.2, 0.25) is 5.16 Å². The van der Waals surface area contributed by atoms with Crippen LogP contribution in [0.15, 0.2) is 62.5 Å². The maximum absolute atomic E-state index is 6.13. The molecule has 4 rings (SSSR count). The smallest absolute Gasteiger partial charge is 0.212 e. The standard InChI is InChI=1S/C20H16Cl2N4O2S2/c1-2-29-20-25-24-19(17-7-4-10-30-17)26(20)23-11-13-8-9-14(28-13)12-27-18-15(21)5-3-6-16(18)22/h3-11H,2,12H2,1H3/b23-11+. The minimum absolute atomic E-state index is 0.196. The predicted octanol–water partition coefficient (Wildman–Crippen LogP) is 6.48. The van der Waals surface area contributed by atoms with Gasteiger partial charge in [0.25, 0.3) is 0 Å². The Morgan fingerprint density at radius 3 is 2.73 bits per heavy atom. The van der Waals surface area contributed by atoms with Crippen LogP contribution in [0.4, 0.5) is 0 Å². The molecule has 0 atom stereocenters. The third kappa shape index (κ3) is 4.73. The number of benzene rings is 1. The number of nitrogens with zero attached hydrogens (tertiary/aromatic N) is 4. The van der Waals surface area contributed by atoms with E-state index >= 15 is 0 Å². The quantitative estimate of drug-likeness (QED) is 0.214. The first-order valence-corrected chi connectivity index (χ1v) is 11.6. The van der Waals surface area contributed by atoms with E-state index in [1.807, 2.05) is 29.6 Å². The van der Waals surface area contributed by atoms with Gasteiger partial charge >= 0.3 is 0 Å². The molecule has 0 unspecified atom stereocenters. The molecule has 3 heterocycles. The summed E-state index contributed by atoms with van der Waals surface area (Å²) in [6.45, 7) is 2.25. The zero-order valence-corrected chi connectivity index (χ0v) is 18.9. The molecular weight excluding hydrogens is 463 g/mol. The number of thioether (sulfide) groups is 1. The zero-order chi connectivity index (χ0) is 20.9. The number of aromatic nitrogens is 3. The van der Waals surface area contributed by atoms with E-state index in [4.69, 9.17) is 32.4 Å². The number of hydrogen-bond donors (Lipinski definition) is 0. The molecule has 10 heteroatoms. The number of halogens is 2. The van der Waals surface area contributed by atoms with E-state index in [0.717, 1.165) is 15.8 Å². The molecule has 0 saturated carbocycles. The summed E-state index contributed by atoms with van der Waals surface area (Å²) in [6, 6.07) is 12.8. The van der Waals surface area contributed by atoms with Gasteiger partial charge in [-0.1, -0.05) is 54.0 Å². The fourth-order valence-corrected chi connectivity index (χ4v) is 4.38. The van der Waals surface area contributed by atoms with E-state index in [0.29, 0.717) is 33.1 Å². The minimum Gasteiger partial charge on any atom is -0.483 e. The highest BCUT2D eigenvalue weighted by Gasteiger charge is 2.14. The van der Waals surface area contributed by atoms with E-state index < -0.39 is 0 Å². The molecule has 0 aliphatic carbocycles. The molecule has 0 amide bonds. The van der Waals surface area contributed by atoms with Crippen molar-refractivity contribution in [2.75, 3.05) is 5.75 Å². The molecule has 0 aliphatic heterocycles. The Morgan fingerprint density at radius 1 is 1.17 bits per heavy atom. The van der Waals surface area contributed by atoms with E-state index in [1.165, 1.54) is 0 Å². The second-order valence-corrected chi connectivity index (χ2v) is 8.91. The van der Waals surface area contributed by atoms with Crippen molar-refractivity contribution < 1.29 is 9.15 Å². The lowest BCUT2D eigenvalue weighted by Gasteiger charge is -2.07. The van der Waals surface area contributed by atoms with Crippen molar-refractivity contribution in [2.24, 2.45) is 5.10 Å². The lowest BCUT2D eigenvalue weighted by Crippen LogP contribution is -1.96. The molecule has 0 N–H and O–H groups in total. The zero-order valence-electron chi connectivity index (χ0n) is 15.8. The third-order valence-corrected chi connectivity index (χ3v) is 6.15. The average Bonchev–Trinajstić information content (AvgIpc) is 3.47. The molecule has 0 fully saturated rings. The molecule has 30 heavy (non-hydrogen) atoms. The molecule has 3 aromatic heterocycles. The topological polar surface area (TPSA) is 65.4 Å². The monoisotopic (exact) mass is 478 g/mol. The Morgan fingerprint density at radius 2 is 2.00 bits per heavy atom. The lowest BCUT2D eigenvalue weighted by molar-refractivity contribution is 0.270. The minimum atomic E-state index is 0.196. The summed E-state index contributed by atoms with van der Waals surface area (Å²) >= 11 is 15.4. The van der Waals surface area contributed by atoms with E-state index in [1.54, 1.807) is 52.2 Å². The van der Waals surface area contributed by atoms with Crippen molar-refractivity contribution in [3.63, 3.8) is 0 Å². The van der Waals surface area contributed by atoms with Gasteiger partial charge in [0, 0.05) is 0 Å². The number of thiophene rings is 1. The van der Waals surface area contributed by atoms with Gasteiger partial charge in [0.15, 0.2) is 11.6 Å². The second kappa shape index (κ2) is 9.70. The SMILES string of the molecule is CCSc1nnc(-c2cccs2)n1/N=C/c1ccc(COc2c(Cl)cccc2Cl)o1. The molecule has 0 bridgehead atoms. The highest BCUT2D eigenvalue weighted by molar-refractivity contribution is 7.99. The van der Waals surface area contributed by atoms with Gasteiger partial charge in [0.05, 0.1) is 21.1 Å². The van der Waals surface area contributed by atoms with Gasteiger partial charge in [-0.05, 0) is 41.5 Å². The summed E-state index contributed by atoms with van der Waals surface area (Å²) in [4.78, 5) is 0.993. The van der Waals surface area contributed by atoms with Crippen molar-refractivity contribution in [1.29, 1.82) is 0 Å². The lowest BCUT2D eigenvalue weighted by atomic mass is 10.3. The van der Waals surface area contributed by atoms with Crippen molar-refractivity contribution in [3.05, 3.63) is 69.4 Å². The van der Waals surface area contributed by atoms with Crippen LogP contribution in [-0.2, 0) is 6.61 Å². The molecule has 0 spiro atoms. The van der Waals surface area contributed by atoms with Gasteiger partial charge in [0.1, 0.15) is 18.1 Å². The maximum atomic E-state index is 6.13. The Kier molecular flexibility index (Phi) is 6.79. The van der Waals surface area contributed by atoms with Crippen molar-refractivity contribution in [3.8, 4) is 16.5 Å². The van der Waals surface area contributed by atoms with E-state index in [2.05, 4.69) is 22.2 Å². The fraction of sp³-hybridized carbons (Fsp3) is 0.150. The fourth-order valence-electron chi connectivity index (χ4n) is 2.57. The van der Waals surface area contributed by atoms with Crippen LogP contribution >= 0.6 is 46.3 Å². The predicted molar refractivity (Wildman–Crippen MR) is 122 cm³/mol. The normalized spacial score (nSPS) is 11.4. The summed E-state index contributed by atoms with van der Waals surface area (Å²) in [6.07, 6.45) is 1.63. The van der Waals surface area contributed by atoms with Gasteiger partial charge in [-0.15, -0.1) is 21.5 Å². The average molecular weight is 479 g/mol. The Bertz CT molecular complexity index is 1140. The highest BCUT2D eigenvalue weighted by atomic mass is 35.5. The van der Waals surface area contributed by atoms with Crippen LogP contribution in [0.25, 0.3) is 10.7 Å². The summed E-state index contributed by atoms with van der Waals surface area (Å²) in [5.41, 5.74) is 0. The Hall–Kier alpha value is -2.26. The molecule has 6 nitrogen and oxygen atoms in total. The second-order valence-electron chi connectivity index (χ2n) is 5.92. The molecule has 1 aromatic carbocycles. The summed E-state index contributed by atoms with van der Waals surface area (Å²) in [5.74, 6) is 3.19. The molecule has 0 saturated heterocycles. The van der Waals surface area contributed by atoms with Crippen LogP contribution in [-0.4, -0.2) is 26.8 Å². The van der Waals surface area contributed by atoms with Crippen molar-refractivity contribution in [1.82, 2.24) is 14.9 Å². The first-order valence-electron chi connectivity index (χ1n) is 8.97. The largest absolute Gasteiger partial charge is 0.483 e. The van der Waals surface area contributed by atoms with Crippen LogP contribution in [0.1, 0.15) is 18.4 Å². The molecule has 0 aliphatic rings. The molecule has 4 aromatic rings. The molecule has 154 valence electrons. The Balaban J connectivity index is 1.51. The van der Waals surface area contributed by atoms with Crippen LogP contribution in [0.2, 0.25) is 10.0 Å².